The van der Waals surface area contributed by atoms with Gasteiger partial charge >= 0.3 is 0 Å². The van der Waals surface area contributed by atoms with Crippen LogP contribution in [-0.2, 0) is 6.61 Å². The van der Waals surface area contributed by atoms with Gasteiger partial charge in [-0.3, -0.25) is 0 Å². The molecule has 0 aliphatic heterocycles. The molecule has 0 N–H and O–H groups in total. The van der Waals surface area contributed by atoms with E-state index < -0.39 is 0 Å². The molecule has 0 fully saturated rings. The maximum absolute atomic E-state index is 6.05. The lowest BCUT2D eigenvalue weighted by molar-refractivity contribution is 0.303. The topological polar surface area (TPSA) is 22.1 Å². The van der Waals surface area contributed by atoms with Crippen LogP contribution in [0.2, 0.25) is 10.2 Å². The summed E-state index contributed by atoms with van der Waals surface area (Å²) in [5.74, 6) is 0.815. The summed E-state index contributed by atoms with van der Waals surface area (Å²) < 4.78 is 6.70. The summed E-state index contributed by atoms with van der Waals surface area (Å²) in [6, 6.07) is 7.49. The summed E-state index contributed by atoms with van der Waals surface area (Å²) in [5.41, 5.74) is 1.87. The van der Waals surface area contributed by atoms with Gasteiger partial charge < -0.3 is 4.74 Å². The largest absolute Gasteiger partial charge is 0.488 e. The molecule has 0 aliphatic carbocycles. The lowest BCUT2D eigenvalue weighted by Crippen LogP contribution is -1.98. The maximum Gasteiger partial charge on any atom is 0.130 e. The highest BCUT2D eigenvalue weighted by Gasteiger charge is 2.05. The van der Waals surface area contributed by atoms with Crippen LogP contribution in [0.25, 0.3) is 0 Å². The number of pyridine rings is 1. The van der Waals surface area contributed by atoms with Crippen molar-refractivity contribution < 1.29 is 4.74 Å². The van der Waals surface area contributed by atoms with Crippen molar-refractivity contribution in [3.05, 3.63) is 56.2 Å². The number of aryl methyl sites for hydroxylation is 1. The van der Waals surface area contributed by atoms with Crippen LogP contribution in [0.5, 0.6) is 5.75 Å². The van der Waals surface area contributed by atoms with E-state index in [1.807, 2.05) is 25.1 Å². The van der Waals surface area contributed by atoms with E-state index in [0.717, 1.165) is 21.3 Å². The second-order valence-electron chi connectivity index (χ2n) is 3.80. The fourth-order valence-corrected chi connectivity index (χ4v) is 2.19. The highest BCUT2D eigenvalue weighted by Crippen LogP contribution is 2.25. The van der Waals surface area contributed by atoms with E-state index in [4.69, 9.17) is 27.9 Å². The van der Waals surface area contributed by atoms with E-state index in [-0.39, 0.29) is 0 Å². The zero-order valence-corrected chi connectivity index (χ0v) is 12.7. The fourth-order valence-electron chi connectivity index (χ4n) is 1.43. The minimum Gasteiger partial charge on any atom is -0.488 e. The van der Waals surface area contributed by atoms with E-state index >= 15 is 0 Å². The van der Waals surface area contributed by atoms with Crippen molar-refractivity contribution in [3.63, 3.8) is 0 Å². The number of nitrogens with zero attached hydrogens (tertiary/aromatic N) is 1. The number of rotatable bonds is 3. The van der Waals surface area contributed by atoms with Crippen LogP contribution in [-0.4, -0.2) is 4.98 Å². The van der Waals surface area contributed by atoms with Gasteiger partial charge in [-0.25, -0.2) is 4.98 Å². The first kappa shape index (κ1) is 13.7. The van der Waals surface area contributed by atoms with Gasteiger partial charge in [0.2, 0.25) is 0 Å². The third kappa shape index (κ3) is 3.37. The van der Waals surface area contributed by atoms with Gasteiger partial charge in [-0.15, -0.1) is 0 Å². The zero-order valence-electron chi connectivity index (χ0n) is 9.58. The summed E-state index contributed by atoms with van der Waals surface area (Å²) in [6.45, 7) is 2.35. The number of hydrogen-bond acceptors (Lipinski definition) is 2. The Morgan fingerprint density at radius 1 is 1.28 bits per heavy atom. The number of benzene rings is 1. The molecule has 1 heterocycles. The van der Waals surface area contributed by atoms with Crippen LogP contribution < -0.4 is 4.74 Å². The molecule has 0 aliphatic rings. The minimum absolute atomic E-state index is 0.361. The van der Waals surface area contributed by atoms with Crippen molar-refractivity contribution in [1.82, 2.24) is 4.98 Å². The zero-order chi connectivity index (χ0) is 13.1. The summed E-state index contributed by atoms with van der Waals surface area (Å²) in [4.78, 5) is 3.98. The van der Waals surface area contributed by atoms with Crippen molar-refractivity contribution in [1.29, 1.82) is 0 Å². The Labute approximate surface area is 124 Å². The Kier molecular flexibility index (Phi) is 4.49. The fraction of sp³-hybridized carbons (Fsp3) is 0.154. The van der Waals surface area contributed by atoms with Gasteiger partial charge in [-0.05, 0) is 30.7 Å². The Morgan fingerprint density at radius 2 is 2.06 bits per heavy atom. The number of ether oxygens (including phenoxy) is 1. The average Bonchev–Trinajstić information content (AvgIpc) is 2.32. The van der Waals surface area contributed by atoms with E-state index in [0.29, 0.717) is 16.8 Å². The number of aromatic nitrogens is 1. The van der Waals surface area contributed by atoms with Crippen molar-refractivity contribution in [2.24, 2.45) is 0 Å². The summed E-state index contributed by atoms with van der Waals surface area (Å²) >= 11 is 15.2. The summed E-state index contributed by atoms with van der Waals surface area (Å²) in [7, 11) is 0. The summed E-state index contributed by atoms with van der Waals surface area (Å²) in [6.07, 6.45) is 1.62. The van der Waals surface area contributed by atoms with Gasteiger partial charge in [0.05, 0.1) is 5.02 Å². The normalized spacial score (nSPS) is 10.4. The smallest absolute Gasteiger partial charge is 0.130 e. The highest BCUT2D eigenvalue weighted by atomic mass is 79.9. The maximum atomic E-state index is 6.05. The lowest BCUT2D eigenvalue weighted by atomic mass is 10.2. The molecule has 0 bridgehead atoms. The minimum atomic E-state index is 0.361. The Morgan fingerprint density at radius 3 is 2.78 bits per heavy atom. The Bertz CT molecular complexity index is 575. The van der Waals surface area contributed by atoms with Crippen molar-refractivity contribution >= 4 is 39.1 Å². The van der Waals surface area contributed by atoms with E-state index in [1.54, 1.807) is 12.3 Å². The first-order chi connectivity index (χ1) is 8.56. The lowest BCUT2D eigenvalue weighted by Gasteiger charge is -2.10. The molecule has 94 valence electrons. The van der Waals surface area contributed by atoms with Gasteiger partial charge in [0.1, 0.15) is 17.5 Å². The molecule has 0 unspecified atom stereocenters. The molecular formula is C13H10BrCl2NO. The van der Waals surface area contributed by atoms with Gasteiger partial charge in [-0.1, -0.05) is 45.2 Å². The highest BCUT2D eigenvalue weighted by molar-refractivity contribution is 9.10. The van der Waals surface area contributed by atoms with Gasteiger partial charge in [0.15, 0.2) is 0 Å². The Balaban J connectivity index is 2.13. The number of halogens is 3. The number of hydrogen-bond donors (Lipinski definition) is 0. The molecule has 0 spiro atoms. The molecule has 0 atom stereocenters. The predicted molar refractivity (Wildman–Crippen MR) is 77.5 cm³/mol. The van der Waals surface area contributed by atoms with Crippen LogP contribution in [0.1, 0.15) is 11.1 Å². The van der Waals surface area contributed by atoms with E-state index in [9.17, 15) is 0 Å². The van der Waals surface area contributed by atoms with Crippen LogP contribution in [0, 0.1) is 6.92 Å². The van der Waals surface area contributed by atoms with E-state index in [2.05, 4.69) is 20.9 Å². The molecule has 0 saturated heterocycles. The third-order valence-corrected chi connectivity index (χ3v) is 3.48. The van der Waals surface area contributed by atoms with Crippen molar-refractivity contribution in [3.8, 4) is 5.75 Å². The first-order valence-electron chi connectivity index (χ1n) is 5.25. The molecule has 18 heavy (non-hydrogen) atoms. The molecule has 2 rings (SSSR count). The van der Waals surface area contributed by atoms with Crippen LogP contribution >= 0.6 is 39.1 Å². The molecule has 1 aromatic carbocycles. The van der Waals surface area contributed by atoms with Gasteiger partial charge in [0.25, 0.3) is 0 Å². The van der Waals surface area contributed by atoms with Crippen LogP contribution in [0.3, 0.4) is 0 Å². The average molecular weight is 347 g/mol. The van der Waals surface area contributed by atoms with Crippen molar-refractivity contribution in [2.45, 2.75) is 13.5 Å². The predicted octanol–water partition coefficient (Wildman–Crippen LogP) is 5.04. The molecule has 5 heteroatoms. The van der Waals surface area contributed by atoms with Crippen molar-refractivity contribution in [2.75, 3.05) is 0 Å². The quantitative estimate of drug-likeness (QED) is 0.726. The van der Waals surface area contributed by atoms with Crippen LogP contribution in [0.15, 0.2) is 34.9 Å². The Hall–Kier alpha value is -0.770. The molecule has 2 aromatic rings. The molecule has 0 amide bonds. The van der Waals surface area contributed by atoms with Gasteiger partial charge in [-0.2, -0.15) is 0 Å². The standard InChI is InChI=1S/C13H10BrCl2NO/c1-8-2-3-10(14)4-12(8)18-7-9-6-17-13(16)5-11(9)15/h2-6H,7H2,1H3. The van der Waals surface area contributed by atoms with E-state index in [1.165, 1.54) is 0 Å². The second-order valence-corrected chi connectivity index (χ2v) is 5.51. The molecule has 1 aromatic heterocycles. The SMILES string of the molecule is Cc1ccc(Br)cc1OCc1cnc(Cl)cc1Cl. The first-order valence-corrected chi connectivity index (χ1v) is 6.80. The third-order valence-electron chi connectivity index (χ3n) is 2.43. The second kappa shape index (κ2) is 5.91. The van der Waals surface area contributed by atoms with Crippen LogP contribution in [0.4, 0.5) is 0 Å². The molecule has 0 radical (unpaired) electrons. The summed E-state index contributed by atoms with van der Waals surface area (Å²) in [5, 5.41) is 0.935. The molecule has 0 saturated carbocycles. The molecular weight excluding hydrogens is 337 g/mol. The molecule has 2 nitrogen and oxygen atoms in total. The van der Waals surface area contributed by atoms with Gasteiger partial charge in [0, 0.05) is 16.2 Å². The monoisotopic (exact) mass is 345 g/mol.